The van der Waals surface area contributed by atoms with Gasteiger partial charge in [0.25, 0.3) is 0 Å². The van der Waals surface area contributed by atoms with Crippen LogP contribution in [-0.2, 0) is 4.74 Å². The highest BCUT2D eigenvalue weighted by Crippen LogP contribution is 2.36. The Morgan fingerprint density at radius 2 is 1.92 bits per heavy atom. The summed E-state index contributed by atoms with van der Waals surface area (Å²) in [6, 6.07) is 0. The van der Waals surface area contributed by atoms with Crippen LogP contribution in [0, 0.1) is 5.92 Å². The van der Waals surface area contributed by atoms with E-state index in [-0.39, 0.29) is 18.3 Å². The van der Waals surface area contributed by atoms with E-state index in [0.29, 0.717) is 5.92 Å². The molecule has 1 atom stereocenters. The van der Waals surface area contributed by atoms with Gasteiger partial charge in [0.1, 0.15) is 0 Å². The van der Waals surface area contributed by atoms with Gasteiger partial charge in [-0.05, 0) is 39.5 Å². The number of ether oxygens (including phenoxy) is 1. The molecule has 0 spiro atoms. The summed E-state index contributed by atoms with van der Waals surface area (Å²) in [4.78, 5) is 0. The molecule has 0 radical (unpaired) electrons. The predicted octanol–water partition coefficient (Wildman–Crippen LogP) is 2.35. The van der Waals surface area contributed by atoms with E-state index in [0.717, 1.165) is 0 Å². The van der Waals surface area contributed by atoms with Gasteiger partial charge in [-0.3, -0.25) is 0 Å². The Balaban J connectivity index is 2.43. The van der Waals surface area contributed by atoms with Crippen LogP contribution >= 0.6 is 0 Å². The van der Waals surface area contributed by atoms with Gasteiger partial charge in [0.2, 0.25) is 0 Å². The molecule has 0 heterocycles. The van der Waals surface area contributed by atoms with Crippen molar-refractivity contribution in [2.75, 3.05) is 6.61 Å². The maximum atomic E-state index is 8.92. The smallest absolute Gasteiger partial charge is 0.0785 e. The van der Waals surface area contributed by atoms with Crippen molar-refractivity contribution in [3.8, 4) is 0 Å². The van der Waals surface area contributed by atoms with Crippen LogP contribution in [0.25, 0.3) is 0 Å². The van der Waals surface area contributed by atoms with Gasteiger partial charge < -0.3 is 9.84 Å². The Morgan fingerprint density at radius 3 is 2.38 bits per heavy atom. The maximum absolute atomic E-state index is 8.92. The summed E-state index contributed by atoms with van der Waals surface area (Å²) < 4.78 is 5.82. The summed E-state index contributed by atoms with van der Waals surface area (Å²) >= 11 is 0. The molecule has 78 valence electrons. The molecule has 0 aromatic carbocycles. The first kappa shape index (κ1) is 11.0. The van der Waals surface area contributed by atoms with Crippen LogP contribution in [0.4, 0.5) is 0 Å². The average Bonchev–Trinajstić information content (AvgIpc) is 2.55. The van der Waals surface area contributed by atoms with Crippen molar-refractivity contribution >= 4 is 0 Å². The molecule has 1 aliphatic rings. The standard InChI is InChI=1S/C11H22O2/c1-9(8-12)13-11(2,3)10-6-4-5-7-10/h9-10,12H,4-8H2,1-3H3. The fourth-order valence-corrected chi connectivity index (χ4v) is 2.27. The van der Waals surface area contributed by atoms with Crippen LogP contribution < -0.4 is 0 Å². The normalized spacial score (nSPS) is 22.2. The Kier molecular flexibility index (Phi) is 3.74. The van der Waals surface area contributed by atoms with E-state index < -0.39 is 0 Å². The summed E-state index contributed by atoms with van der Waals surface area (Å²) in [6.07, 6.45) is 5.21. The lowest BCUT2D eigenvalue weighted by molar-refractivity contribution is -0.111. The molecule has 0 aliphatic heterocycles. The molecule has 0 bridgehead atoms. The first-order chi connectivity index (χ1) is 6.06. The van der Waals surface area contributed by atoms with E-state index in [1.54, 1.807) is 0 Å². The molecule has 1 rings (SSSR count). The second kappa shape index (κ2) is 4.43. The van der Waals surface area contributed by atoms with Crippen molar-refractivity contribution in [3.05, 3.63) is 0 Å². The zero-order chi connectivity index (χ0) is 9.90. The van der Waals surface area contributed by atoms with Crippen LogP contribution in [0.5, 0.6) is 0 Å². The van der Waals surface area contributed by atoms with E-state index in [9.17, 15) is 0 Å². The minimum Gasteiger partial charge on any atom is -0.394 e. The molecular weight excluding hydrogens is 164 g/mol. The zero-order valence-electron chi connectivity index (χ0n) is 9.05. The minimum absolute atomic E-state index is 0.0319. The first-order valence-corrected chi connectivity index (χ1v) is 5.35. The average molecular weight is 186 g/mol. The third-order valence-electron chi connectivity index (χ3n) is 3.10. The van der Waals surface area contributed by atoms with E-state index in [1.165, 1.54) is 25.7 Å². The lowest BCUT2D eigenvalue weighted by Gasteiger charge is -2.34. The van der Waals surface area contributed by atoms with E-state index in [2.05, 4.69) is 13.8 Å². The van der Waals surface area contributed by atoms with Gasteiger partial charge >= 0.3 is 0 Å². The fraction of sp³-hybridized carbons (Fsp3) is 1.00. The molecule has 0 saturated heterocycles. The molecule has 0 aromatic rings. The fourth-order valence-electron chi connectivity index (χ4n) is 2.27. The highest BCUT2D eigenvalue weighted by molar-refractivity contribution is 4.84. The first-order valence-electron chi connectivity index (χ1n) is 5.35. The van der Waals surface area contributed by atoms with E-state index in [1.807, 2.05) is 6.92 Å². The van der Waals surface area contributed by atoms with Crippen molar-refractivity contribution in [2.24, 2.45) is 5.92 Å². The van der Waals surface area contributed by atoms with Gasteiger partial charge in [-0.2, -0.15) is 0 Å². The monoisotopic (exact) mass is 186 g/mol. The van der Waals surface area contributed by atoms with Crippen molar-refractivity contribution in [1.29, 1.82) is 0 Å². The molecule has 0 amide bonds. The predicted molar refractivity (Wildman–Crippen MR) is 53.7 cm³/mol. The summed E-state index contributed by atoms with van der Waals surface area (Å²) in [6.45, 7) is 6.34. The van der Waals surface area contributed by atoms with Gasteiger partial charge in [-0.25, -0.2) is 0 Å². The molecule has 1 saturated carbocycles. The Bertz CT molecular complexity index is 148. The Morgan fingerprint density at radius 1 is 1.38 bits per heavy atom. The second-order valence-corrected chi connectivity index (χ2v) is 4.70. The van der Waals surface area contributed by atoms with Gasteiger partial charge in [0, 0.05) is 0 Å². The summed E-state index contributed by atoms with van der Waals surface area (Å²) in [5, 5.41) is 8.92. The molecule has 0 aromatic heterocycles. The molecule has 2 heteroatoms. The highest BCUT2D eigenvalue weighted by Gasteiger charge is 2.33. The topological polar surface area (TPSA) is 29.5 Å². The largest absolute Gasteiger partial charge is 0.394 e. The van der Waals surface area contributed by atoms with Crippen molar-refractivity contribution < 1.29 is 9.84 Å². The van der Waals surface area contributed by atoms with Crippen LogP contribution in [0.1, 0.15) is 46.5 Å². The molecule has 1 N–H and O–H groups in total. The molecule has 13 heavy (non-hydrogen) atoms. The van der Waals surface area contributed by atoms with Crippen LogP contribution in [0.15, 0.2) is 0 Å². The lowest BCUT2D eigenvalue weighted by Crippen LogP contribution is -2.37. The second-order valence-electron chi connectivity index (χ2n) is 4.70. The number of rotatable bonds is 4. The third kappa shape index (κ3) is 2.96. The maximum Gasteiger partial charge on any atom is 0.0785 e. The van der Waals surface area contributed by atoms with E-state index >= 15 is 0 Å². The quantitative estimate of drug-likeness (QED) is 0.730. The number of hydrogen-bond acceptors (Lipinski definition) is 2. The van der Waals surface area contributed by atoms with E-state index in [4.69, 9.17) is 9.84 Å². The highest BCUT2D eigenvalue weighted by atomic mass is 16.5. The minimum atomic E-state index is -0.0569. The summed E-state index contributed by atoms with van der Waals surface area (Å²) in [5.74, 6) is 0.682. The third-order valence-corrected chi connectivity index (χ3v) is 3.10. The number of hydrogen-bond donors (Lipinski definition) is 1. The molecule has 1 fully saturated rings. The summed E-state index contributed by atoms with van der Waals surface area (Å²) in [5.41, 5.74) is -0.0569. The number of aliphatic hydroxyl groups is 1. The van der Waals surface area contributed by atoms with Gasteiger partial charge in [0.15, 0.2) is 0 Å². The van der Waals surface area contributed by atoms with Crippen molar-refractivity contribution in [1.82, 2.24) is 0 Å². The Hall–Kier alpha value is -0.0800. The summed E-state index contributed by atoms with van der Waals surface area (Å²) in [7, 11) is 0. The molecule has 1 unspecified atom stereocenters. The van der Waals surface area contributed by atoms with Crippen molar-refractivity contribution in [3.63, 3.8) is 0 Å². The van der Waals surface area contributed by atoms with Crippen LogP contribution in [0.2, 0.25) is 0 Å². The van der Waals surface area contributed by atoms with Gasteiger partial charge in [0.05, 0.1) is 18.3 Å². The van der Waals surface area contributed by atoms with Crippen LogP contribution in [0.3, 0.4) is 0 Å². The SMILES string of the molecule is CC(CO)OC(C)(C)C1CCCC1. The number of aliphatic hydroxyl groups excluding tert-OH is 1. The zero-order valence-corrected chi connectivity index (χ0v) is 9.05. The van der Waals surface area contributed by atoms with Crippen molar-refractivity contribution in [2.45, 2.75) is 58.2 Å². The lowest BCUT2D eigenvalue weighted by atomic mass is 9.89. The van der Waals surface area contributed by atoms with Gasteiger partial charge in [-0.1, -0.05) is 12.8 Å². The van der Waals surface area contributed by atoms with Gasteiger partial charge in [-0.15, -0.1) is 0 Å². The Labute approximate surface area is 81.3 Å². The van der Waals surface area contributed by atoms with Crippen LogP contribution in [-0.4, -0.2) is 23.4 Å². The molecule has 1 aliphatic carbocycles. The molecule has 2 nitrogen and oxygen atoms in total. The molecular formula is C11H22O2.